The Bertz CT molecular complexity index is 623. The van der Waals surface area contributed by atoms with Crippen LogP contribution in [0.1, 0.15) is 19.8 Å². The summed E-state index contributed by atoms with van der Waals surface area (Å²) < 4.78 is 35.7. The number of sulfone groups is 1. The van der Waals surface area contributed by atoms with E-state index < -0.39 is 21.0 Å². The molecule has 1 aliphatic rings. The highest BCUT2D eigenvalue weighted by Gasteiger charge is 2.27. The predicted octanol–water partition coefficient (Wildman–Crippen LogP) is 1.34. The van der Waals surface area contributed by atoms with Gasteiger partial charge in [-0.3, -0.25) is 4.79 Å². The van der Waals surface area contributed by atoms with E-state index in [0.717, 1.165) is 37.9 Å². The SMILES string of the molecule is C[C@@H](C(=O)NC1CCN(c2ccc(F)cc2)CC1)S(C)(=O)=O. The van der Waals surface area contributed by atoms with Gasteiger partial charge in [0.1, 0.15) is 11.1 Å². The van der Waals surface area contributed by atoms with E-state index in [-0.39, 0.29) is 11.9 Å². The molecule has 1 aliphatic heterocycles. The van der Waals surface area contributed by atoms with Crippen molar-refractivity contribution in [1.29, 1.82) is 0 Å². The average molecular weight is 328 g/mol. The highest BCUT2D eigenvalue weighted by molar-refractivity contribution is 7.92. The van der Waals surface area contributed by atoms with Gasteiger partial charge in [0, 0.05) is 31.1 Å². The average Bonchev–Trinajstić information content (AvgIpc) is 2.47. The van der Waals surface area contributed by atoms with Crippen molar-refractivity contribution in [3.8, 4) is 0 Å². The first kappa shape index (κ1) is 16.7. The lowest BCUT2D eigenvalue weighted by Gasteiger charge is -2.34. The Morgan fingerprint density at radius 3 is 2.32 bits per heavy atom. The van der Waals surface area contributed by atoms with Crippen molar-refractivity contribution < 1.29 is 17.6 Å². The summed E-state index contributed by atoms with van der Waals surface area (Å²) in [4.78, 5) is 14.0. The summed E-state index contributed by atoms with van der Waals surface area (Å²) >= 11 is 0. The number of hydrogen-bond donors (Lipinski definition) is 1. The minimum atomic E-state index is -3.37. The summed E-state index contributed by atoms with van der Waals surface area (Å²) in [6, 6.07) is 6.31. The van der Waals surface area contributed by atoms with Crippen molar-refractivity contribution in [2.75, 3.05) is 24.2 Å². The fourth-order valence-electron chi connectivity index (χ4n) is 2.45. The van der Waals surface area contributed by atoms with Gasteiger partial charge in [-0.05, 0) is 44.0 Å². The van der Waals surface area contributed by atoms with E-state index in [9.17, 15) is 17.6 Å². The van der Waals surface area contributed by atoms with Crippen LogP contribution in [-0.4, -0.2) is 45.0 Å². The minimum absolute atomic E-state index is 0.0200. The summed E-state index contributed by atoms with van der Waals surface area (Å²) in [6.07, 6.45) is 2.54. The molecule has 22 heavy (non-hydrogen) atoms. The first-order valence-electron chi connectivity index (χ1n) is 7.27. The smallest absolute Gasteiger partial charge is 0.238 e. The molecule has 122 valence electrons. The van der Waals surface area contributed by atoms with Gasteiger partial charge in [-0.1, -0.05) is 0 Å². The number of halogens is 1. The van der Waals surface area contributed by atoms with Crippen LogP contribution in [0.4, 0.5) is 10.1 Å². The Kier molecular flexibility index (Phi) is 5.05. The number of anilines is 1. The maximum Gasteiger partial charge on any atom is 0.238 e. The fraction of sp³-hybridized carbons (Fsp3) is 0.533. The third-order valence-corrected chi connectivity index (χ3v) is 5.54. The molecule has 1 aromatic rings. The van der Waals surface area contributed by atoms with E-state index in [1.54, 1.807) is 12.1 Å². The van der Waals surface area contributed by atoms with Crippen molar-refractivity contribution >= 4 is 21.4 Å². The van der Waals surface area contributed by atoms with Crippen molar-refractivity contribution in [2.45, 2.75) is 31.1 Å². The second kappa shape index (κ2) is 6.64. The number of carbonyl (C=O) groups excluding carboxylic acids is 1. The van der Waals surface area contributed by atoms with Gasteiger partial charge >= 0.3 is 0 Å². The molecule has 0 radical (unpaired) electrons. The number of benzene rings is 1. The first-order chi connectivity index (χ1) is 10.3. The van der Waals surface area contributed by atoms with E-state index in [1.807, 2.05) is 0 Å². The molecule has 1 N–H and O–H groups in total. The number of rotatable bonds is 4. The van der Waals surface area contributed by atoms with Crippen LogP contribution in [0.5, 0.6) is 0 Å². The van der Waals surface area contributed by atoms with Crippen molar-refractivity contribution in [3.63, 3.8) is 0 Å². The van der Waals surface area contributed by atoms with E-state index >= 15 is 0 Å². The van der Waals surface area contributed by atoms with Crippen LogP contribution in [0.25, 0.3) is 0 Å². The first-order valence-corrected chi connectivity index (χ1v) is 9.22. The van der Waals surface area contributed by atoms with Crippen LogP contribution < -0.4 is 10.2 Å². The fourth-order valence-corrected chi connectivity index (χ4v) is 2.90. The predicted molar refractivity (Wildman–Crippen MR) is 84.1 cm³/mol. The Hall–Kier alpha value is -1.63. The normalized spacial score (nSPS) is 18.0. The molecule has 1 atom stereocenters. The van der Waals surface area contributed by atoms with Crippen LogP contribution >= 0.6 is 0 Å². The van der Waals surface area contributed by atoms with E-state index in [2.05, 4.69) is 10.2 Å². The highest BCUT2D eigenvalue weighted by Crippen LogP contribution is 2.20. The number of carbonyl (C=O) groups is 1. The van der Waals surface area contributed by atoms with Crippen molar-refractivity contribution in [3.05, 3.63) is 30.1 Å². The van der Waals surface area contributed by atoms with Crippen LogP contribution in [0.15, 0.2) is 24.3 Å². The molecule has 0 spiro atoms. The van der Waals surface area contributed by atoms with Gasteiger partial charge in [0.2, 0.25) is 5.91 Å². The van der Waals surface area contributed by atoms with Crippen molar-refractivity contribution in [2.24, 2.45) is 0 Å². The summed E-state index contributed by atoms with van der Waals surface area (Å²) in [5.74, 6) is -0.705. The van der Waals surface area contributed by atoms with E-state index in [1.165, 1.54) is 19.1 Å². The minimum Gasteiger partial charge on any atom is -0.371 e. The molecule has 0 saturated carbocycles. The topological polar surface area (TPSA) is 66.5 Å². The van der Waals surface area contributed by atoms with Gasteiger partial charge in [0.05, 0.1) is 0 Å². The van der Waals surface area contributed by atoms with Crippen LogP contribution in [-0.2, 0) is 14.6 Å². The third kappa shape index (κ3) is 4.19. The van der Waals surface area contributed by atoms with Gasteiger partial charge in [0.15, 0.2) is 9.84 Å². The Labute approximate surface area is 130 Å². The lowest BCUT2D eigenvalue weighted by atomic mass is 10.0. The standard InChI is InChI=1S/C15H21FN2O3S/c1-11(22(2,20)21)15(19)17-13-7-9-18(10-8-13)14-5-3-12(16)4-6-14/h3-6,11,13H,7-10H2,1-2H3,(H,17,19)/t11-/m0/s1. The largest absolute Gasteiger partial charge is 0.371 e. The third-order valence-electron chi connectivity index (χ3n) is 4.04. The van der Waals surface area contributed by atoms with Crippen LogP contribution in [0.3, 0.4) is 0 Å². The zero-order valence-electron chi connectivity index (χ0n) is 12.8. The number of amides is 1. The number of nitrogens with zero attached hydrogens (tertiary/aromatic N) is 1. The van der Waals surface area contributed by atoms with Crippen LogP contribution in [0.2, 0.25) is 0 Å². The molecule has 1 amide bonds. The second-order valence-electron chi connectivity index (χ2n) is 5.72. The molecule has 0 aromatic heterocycles. The van der Waals surface area contributed by atoms with Gasteiger partial charge in [-0.2, -0.15) is 0 Å². The number of piperidine rings is 1. The molecular weight excluding hydrogens is 307 g/mol. The molecule has 1 saturated heterocycles. The molecule has 2 rings (SSSR count). The lowest BCUT2D eigenvalue weighted by Crippen LogP contribution is -2.48. The van der Waals surface area contributed by atoms with E-state index in [0.29, 0.717) is 0 Å². The summed E-state index contributed by atoms with van der Waals surface area (Å²) in [5.41, 5.74) is 0.954. The Morgan fingerprint density at radius 2 is 1.82 bits per heavy atom. The maximum absolute atomic E-state index is 12.9. The summed E-state index contributed by atoms with van der Waals surface area (Å²) in [7, 11) is -3.37. The molecule has 1 fully saturated rings. The second-order valence-corrected chi connectivity index (χ2v) is 8.08. The number of nitrogens with one attached hydrogen (secondary N) is 1. The molecular formula is C15H21FN2O3S. The Balaban J connectivity index is 1.87. The highest BCUT2D eigenvalue weighted by atomic mass is 32.2. The summed E-state index contributed by atoms with van der Waals surface area (Å²) in [6.45, 7) is 2.88. The van der Waals surface area contributed by atoms with Gasteiger partial charge in [-0.25, -0.2) is 12.8 Å². The molecule has 1 heterocycles. The monoisotopic (exact) mass is 328 g/mol. The van der Waals surface area contributed by atoms with E-state index in [4.69, 9.17) is 0 Å². The van der Waals surface area contributed by atoms with Gasteiger partial charge in [0.25, 0.3) is 0 Å². The van der Waals surface area contributed by atoms with Gasteiger partial charge < -0.3 is 10.2 Å². The zero-order chi connectivity index (χ0) is 16.3. The molecule has 0 unspecified atom stereocenters. The molecule has 5 nitrogen and oxygen atoms in total. The van der Waals surface area contributed by atoms with Crippen molar-refractivity contribution in [1.82, 2.24) is 5.32 Å². The zero-order valence-corrected chi connectivity index (χ0v) is 13.6. The van der Waals surface area contributed by atoms with Crippen LogP contribution in [0, 0.1) is 5.82 Å². The molecule has 1 aromatic carbocycles. The lowest BCUT2D eigenvalue weighted by molar-refractivity contribution is -0.121. The molecule has 0 bridgehead atoms. The van der Waals surface area contributed by atoms with Gasteiger partial charge in [-0.15, -0.1) is 0 Å². The molecule has 0 aliphatic carbocycles. The quantitative estimate of drug-likeness (QED) is 0.906. The maximum atomic E-state index is 12.9. The Morgan fingerprint density at radius 1 is 1.27 bits per heavy atom. The summed E-state index contributed by atoms with van der Waals surface area (Å²) in [5, 5.41) is 1.78. The molecule has 7 heteroatoms. The number of hydrogen-bond acceptors (Lipinski definition) is 4.